The molecule has 4 nitrogen and oxygen atoms in total. The van der Waals surface area contributed by atoms with Crippen molar-refractivity contribution in [1.82, 2.24) is 9.99 Å². The Labute approximate surface area is 102 Å². The summed E-state index contributed by atoms with van der Waals surface area (Å²) < 4.78 is 0. The molecule has 2 bridgehead atoms. The summed E-state index contributed by atoms with van der Waals surface area (Å²) in [5, 5.41) is 14.1. The summed E-state index contributed by atoms with van der Waals surface area (Å²) in [6, 6.07) is 5.77. The van der Waals surface area contributed by atoms with Gasteiger partial charge < -0.3 is 5.11 Å². The number of rotatable bonds is 0. The van der Waals surface area contributed by atoms with Crippen molar-refractivity contribution in [3.63, 3.8) is 0 Å². The normalized spacial score (nSPS) is 24.2. The Morgan fingerprint density at radius 2 is 2.12 bits per heavy atom. The maximum Gasteiger partial charge on any atom is 0.143 e. The van der Waals surface area contributed by atoms with Crippen molar-refractivity contribution >= 4 is 5.82 Å². The third-order valence-corrected chi connectivity index (χ3v) is 3.08. The van der Waals surface area contributed by atoms with Gasteiger partial charge in [0.05, 0.1) is 11.8 Å². The number of aliphatic hydroxyl groups is 1. The van der Waals surface area contributed by atoms with Gasteiger partial charge in [-0.2, -0.15) is 0 Å². The lowest BCUT2D eigenvalue weighted by molar-refractivity contribution is 0.164. The van der Waals surface area contributed by atoms with Gasteiger partial charge >= 0.3 is 0 Å². The molecule has 1 aliphatic heterocycles. The molecular weight excluding hydrogens is 214 g/mol. The average molecular weight is 233 g/mol. The molecule has 2 heterocycles. The van der Waals surface area contributed by atoms with E-state index >= 15 is 0 Å². The van der Waals surface area contributed by atoms with E-state index in [1.165, 1.54) is 0 Å². The van der Waals surface area contributed by atoms with Crippen LogP contribution in [0.3, 0.4) is 0 Å². The van der Waals surface area contributed by atoms with Crippen LogP contribution in [0.2, 0.25) is 0 Å². The molecule has 0 aliphatic carbocycles. The number of hydrogen-bond acceptors (Lipinski definition) is 4. The molecule has 1 aromatic rings. The Morgan fingerprint density at radius 1 is 1.29 bits per heavy atom. The fourth-order valence-electron chi connectivity index (χ4n) is 1.85. The van der Waals surface area contributed by atoms with E-state index in [0.717, 1.165) is 30.9 Å². The van der Waals surface area contributed by atoms with Crippen LogP contribution in [-0.2, 0) is 0 Å². The van der Waals surface area contributed by atoms with Crippen molar-refractivity contribution in [3.05, 3.63) is 36.0 Å². The zero-order valence-electron chi connectivity index (χ0n) is 10.4. The third-order valence-electron chi connectivity index (χ3n) is 3.08. The summed E-state index contributed by atoms with van der Waals surface area (Å²) in [4.78, 5) is 4.49. The Hall–Kier alpha value is -1.39. The SMILES string of the molecule is CN1C/C=C\CCC(O)c2cccc(n2)N1C. The van der Waals surface area contributed by atoms with Gasteiger partial charge in [-0.3, -0.25) is 5.01 Å². The van der Waals surface area contributed by atoms with Crippen molar-refractivity contribution in [3.8, 4) is 0 Å². The fourth-order valence-corrected chi connectivity index (χ4v) is 1.85. The van der Waals surface area contributed by atoms with Crippen molar-refractivity contribution < 1.29 is 5.11 Å². The highest BCUT2D eigenvalue weighted by Crippen LogP contribution is 2.20. The van der Waals surface area contributed by atoms with Gasteiger partial charge in [0.2, 0.25) is 0 Å². The first-order chi connectivity index (χ1) is 8.18. The molecule has 0 saturated carbocycles. The molecular formula is C13H19N3O. The van der Waals surface area contributed by atoms with E-state index in [4.69, 9.17) is 0 Å². The van der Waals surface area contributed by atoms with Gasteiger partial charge in [-0.05, 0) is 25.0 Å². The molecule has 0 fully saturated rings. The molecule has 1 N–H and O–H groups in total. The number of allylic oxidation sites excluding steroid dienone is 1. The lowest BCUT2D eigenvalue weighted by Crippen LogP contribution is -2.37. The number of anilines is 1. The minimum absolute atomic E-state index is 0.476. The summed E-state index contributed by atoms with van der Waals surface area (Å²) in [6.07, 6.45) is 5.36. The number of fused-ring (bicyclic) bond motifs is 2. The highest BCUT2D eigenvalue weighted by Gasteiger charge is 2.13. The van der Waals surface area contributed by atoms with Crippen molar-refractivity contribution in [1.29, 1.82) is 0 Å². The van der Waals surface area contributed by atoms with Gasteiger partial charge in [0, 0.05) is 20.6 Å². The largest absolute Gasteiger partial charge is 0.387 e. The van der Waals surface area contributed by atoms with Crippen LogP contribution < -0.4 is 5.01 Å². The van der Waals surface area contributed by atoms with Gasteiger partial charge in [0.15, 0.2) is 0 Å². The molecule has 17 heavy (non-hydrogen) atoms. The van der Waals surface area contributed by atoms with Gasteiger partial charge in [-0.1, -0.05) is 18.2 Å². The van der Waals surface area contributed by atoms with E-state index in [0.29, 0.717) is 0 Å². The van der Waals surface area contributed by atoms with Gasteiger partial charge in [-0.25, -0.2) is 9.99 Å². The number of aromatic nitrogens is 1. The maximum atomic E-state index is 10.0. The zero-order chi connectivity index (χ0) is 12.3. The van der Waals surface area contributed by atoms with Gasteiger partial charge in [0.25, 0.3) is 0 Å². The second-order valence-electron chi connectivity index (χ2n) is 4.35. The molecule has 92 valence electrons. The maximum absolute atomic E-state index is 10.0. The first kappa shape index (κ1) is 12.1. The topological polar surface area (TPSA) is 39.6 Å². The van der Waals surface area contributed by atoms with Crippen molar-refractivity contribution in [2.24, 2.45) is 0 Å². The van der Waals surface area contributed by atoms with Crippen LogP contribution in [0.4, 0.5) is 5.82 Å². The molecule has 1 unspecified atom stereocenters. The number of nitrogens with zero attached hydrogens (tertiary/aromatic N) is 3. The Bertz CT molecular complexity index is 405. The van der Waals surface area contributed by atoms with Crippen molar-refractivity contribution in [2.75, 3.05) is 25.6 Å². The lowest BCUT2D eigenvalue weighted by Gasteiger charge is -2.28. The van der Waals surface area contributed by atoms with Gasteiger partial charge in [-0.15, -0.1) is 0 Å². The Kier molecular flexibility index (Phi) is 3.76. The van der Waals surface area contributed by atoms with E-state index in [1.807, 2.05) is 37.3 Å². The summed E-state index contributed by atoms with van der Waals surface area (Å²) in [5.74, 6) is 0.861. The Balaban J connectivity index is 2.33. The minimum Gasteiger partial charge on any atom is -0.387 e. The zero-order valence-corrected chi connectivity index (χ0v) is 10.4. The highest BCUT2D eigenvalue weighted by atomic mass is 16.3. The van der Waals surface area contributed by atoms with Crippen LogP contribution in [0.15, 0.2) is 30.4 Å². The van der Waals surface area contributed by atoms with Gasteiger partial charge in [0.1, 0.15) is 5.82 Å². The summed E-state index contributed by atoms with van der Waals surface area (Å²) in [6.45, 7) is 0.846. The monoisotopic (exact) mass is 233 g/mol. The standard InChI is InChI=1S/C13H19N3O/c1-15-10-5-3-4-8-12(17)11-7-6-9-13(14-11)16(15)2/h3,5-7,9,12,17H,4,8,10H2,1-2H3/b5-3-. The number of hydrazine groups is 1. The fraction of sp³-hybridized carbons (Fsp3) is 0.462. The summed E-state index contributed by atoms with van der Waals surface area (Å²) >= 11 is 0. The number of likely N-dealkylation sites (N-methyl/N-ethyl adjacent to an activating group) is 1. The second kappa shape index (κ2) is 5.29. The molecule has 0 amide bonds. The molecule has 1 aromatic heterocycles. The van der Waals surface area contributed by atoms with Crippen LogP contribution in [0.25, 0.3) is 0 Å². The van der Waals surface area contributed by atoms with E-state index in [-0.39, 0.29) is 0 Å². The van der Waals surface area contributed by atoms with E-state index in [1.54, 1.807) is 0 Å². The predicted molar refractivity (Wildman–Crippen MR) is 68.6 cm³/mol. The molecule has 0 spiro atoms. The number of hydrogen-bond donors (Lipinski definition) is 1. The number of aliphatic hydroxyl groups excluding tert-OH is 1. The van der Waals surface area contributed by atoms with Crippen LogP contribution in [0.5, 0.6) is 0 Å². The molecule has 4 heteroatoms. The molecule has 1 atom stereocenters. The average Bonchev–Trinajstić information content (AvgIpc) is 2.37. The molecule has 0 radical (unpaired) electrons. The molecule has 1 aliphatic rings. The lowest BCUT2D eigenvalue weighted by atomic mass is 10.1. The smallest absolute Gasteiger partial charge is 0.143 e. The van der Waals surface area contributed by atoms with E-state index in [9.17, 15) is 5.11 Å². The highest BCUT2D eigenvalue weighted by molar-refractivity contribution is 5.37. The van der Waals surface area contributed by atoms with Crippen LogP contribution >= 0.6 is 0 Å². The first-order valence-corrected chi connectivity index (χ1v) is 5.93. The van der Waals surface area contributed by atoms with E-state index in [2.05, 4.69) is 22.1 Å². The second-order valence-corrected chi connectivity index (χ2v) is 4.35. The molecule has 0 aromatic carbocycles. The summed E-state index contributed by atoms with van der Waals surface area (Å²) in [5.41, 5.74) is 0.748. The van der Waals surface area contributed by atoms with Crippen LogP contribution in [-0.4, -0.2) is 35.7 Å². The third kappa shape index (κ3) is 2.84. The van der Waals surface area contributed by atoms with E-state index < -0.39 is 6.10 Å². The molecule has 0 saturated heterocycles. The predicted octanol–water partition coefficient (Wildman–Crippen LogP) is 1.75. The summed E-state index contributed by atoms with van der Waals surface area (Å²) in [7, 11) is 4.00. The van der Waals surface area contributed by atoms with Crippen LogP contribution in [0.1, 0.15) is 24.6 Å². The Morgan fingerprint density at radius 3 is 2.94 bits per heavy atom. The van der Waals surface area contributed by atoms with Crippen molar-refractivity contribution in [2.45, 2.75) is 18.9 Å². The minimum atomic E-state index is -0.476. The molecule has 2 rings (SSSR count). The number of pyridine rings is 1. The quantitative estimate of drug-likeness (QED) is 0.693. The first-order valence-electron chi connectivity index (χ1n) is 5.93. The van der Waals surface area contributed by atoms with Crippen LogP contribution in [0, 0.1) is 0 Å².